The molecule has 0 bridgehead atoms. The third kappa shape index (κ3) is 5.59. The van der Waals surface area contributed by atoms with E-state index in [0.717, 1.165) is 5.56 Å². The molecule has 0 saturated heterocycles. The molecule has 0 aliphatic carbocycles. The van der Waals surface area contributed by atoms with Crippen molar-refractivity contribution in [3.8, 4) is 0 Å². The Kier molecular flexibility index (Phi) is 6.66. The lowest BCUT2D eigenvalue weighted by molar-refractivity contribution is -0.134. The summed E-state index contributed by atoms with van der Waals surface area (Å²) in [5, 5.41) is 1.07. The zero-order valence-electron chi connectivity index (χ0n) is 9.01. The van der Waals surface area contributed by atoms with Crippen molar-refractivity contribution in [1.29, 1.82) is 0 Å². The van der Waals surface area contributed by atoms with Crippen molar-refractivity contribution in [2.45, 2.75) is 19.4 Å². The Hall–Kier alpha value is -0.480. The second-order valence-corrected chi connectivity index (χ2v) is 4.56. The quantitative estimate of drug-likeness (QED) is 0.644. The maximum absolute atomic E-state index is 11.2. The van der Waals surface area contributed by atoms with Gasteiger partial charge in [0.25, 0.3) is 0 Å². The average molecular weight is 297 g/mol. The number of carbonyl (C=O) groups excluding carboxylic acids is 1. The smallest absolute Gasteiger partial charge is 0.243 e. The Bertz CT molecular complexity index is 385. The Morgan fingerprint density at radius 3 is 2.76 bits per heavy atom. The van der Waals surface area contributed by atoms with Gasteiger partial charge in [-0.2, -0.15) is 0 Å². The van der Waals surface area contributed by atoms with Gasteiger partial charge in [0.15, 0.2) is 0 Å². The summed E-state index contributed by atoms with van der Waals surface area (Å²) in [4.78, 5) is 16.2. The highest BCUT2D eigenvalue weighted by Crippen LogP contribution is 2.21. The first-order valence-electron chi connectivity index (χ1n) is 5.04. The van der Waals surface area contributed by atoms with Gasteiger partial charge in [-0.05, 0) is 24.1 Å². The predicted molar refractivity (Wildman–Crippen MR) is 69.3 cm³/mol. The number of alkyl halides is 1. The number of amides is 1. The van der Waals surface area contributed by atoms with Gasteiger partial charge in [-0.1, -0.05) is 29.3 Å². The molecule has 3 nitrogen and oxygen atoms in total. The molecule has 1 aromatic carbocycles. The predicted octanol–water partition coefficient (Wildman–Crippen LogP) is 3.56. The fourth-order valence-electron chi connectivity index (χ4n) is 1.11. The molecule has 1 aromatic rings. The van der Waals surface area contributed by atoms with E-state index in [0.29, 0.717) is 28.8 Å². The minimum Gasteiger partial charge on any atom is -0.273 e. The summed E-state index contributed by atoms with van der Waals surface area (Å²) in [6.07, 6.45) is 0.969. The van der Waals surface area contributed by atoms with E-state index in [-0.39, 0.29) is 12.5 Å². The lowest BCUT2D eigenvalue weighted by Crippen LogP contribution is -2.23. The van der Waals surface area contributed by atoms with Crippen molar-refractivity contribution in [3.63, 3.8) is 0 Å². The number of carbonyl (C=O) groups is 1. The van der Waals surface area contributed by atoms with E-state index in [4.69, 9.17) is 39.6 Å². The lowest BCUT2D eigenvalue weighted by Gasteiger charge is -2.07. The summed E-state index contributed by atoms with van der Waals surface area (Å²) in [5.41, 5.74) is 3.08. The normalized spacial score (nSPS) is 10.3. The van der Waals surface area contributed by atoms with Crippen LogP contribution in [0.5, 0.6) is 0 Å². The highest BCUT2D eigenvalue weighted by molar-refractivity contribution is 6.35. The van der Waals surface area contributed by atoms with Crippen molar-refractivity contribution >= 4 is 40.7 Å². The van der Waals surface area contributed by atoms with Gasteiger partial charge in [-0.25, -0.2) is 5.48 Å². The highest BCUT2D eigenvalue weighted by atomic mass is 35.5. The minimum atomic E-state index is -0.198. The molecular formula is C11H12Cl3NO2. The van der Waals surface area contributed by atoms with Crippen LogP contribution in [0.2, 0.25) is 10.0 Å². The van der Waals surface area contributed by atoms with Crippen LogP contribution in [0.3, 0.4) is 0 Å². The van der Waals surface area contributed by atoms with Gasteiger partial charge in [0, 0.05) is 22.3 Å². The molecule has 0 atom stereocenters. The van der Waals surface area contributed by atoms with Crippen molar-refractivity contribution in [1.82, 2.24) is 5.48 Å². The molecule has 0 aliphatic rings. The topological polar surface area (TPSA) is 38.3 Å². The van der Waals surface area contributed by atoms with E-state index in [1.165, 1.54) is 0 Å². The summed E-state index contributed by atoms with van der Waals surface area (Å²) in [6.45, 7) is 0.197. The summed E-state index contributed by atoms with van der Waals surface area (Å²) in [5.74, 6) is 0.256. The molecule has 0 aromatic heterocycles. The third-order valence-corrected chi connectivity index (χ3v) is 2.82. The third-order valence-electron chi connectivity index (χ3n) is 1.97. The number of halogens is 3. The first-order chi connectivity index (χ1) is 8.13. The Balaban J connectivity index is 2.33. The van der Waals surface area contributed by atoms with Gasteiger partial charge in [0.2, 0.25) is 5.91 Å². The Morgan fingerprint density at radius 2 is 2.12 bits per heavy atom. The number of rotatable bonds is 6. The fourth-order valence-corrected chi connectivity index (χ4v) is 1.71. The zero-order valence-corrected chi connectivity index (χ0v) is 11.3. The van der Waals surface area contributed by atoms with Gasteiger partial charge in [-0.3, -0.25) is 9.63 Å². The molecule has 17 heavy (non-hydrogen) atoms. The molecule has 0 aliphatic heterocycles. The van der Waals surface area contributed by atoms with E-state index in [2.05, 4.69) is 5.48 Å². The summed E-state index contributed by atoms with van der Waals surface area (Å²) < 4.78 is 0. The molecule has 1 rings (SSSR count). The lowest BCUT2D eigenvalue weighted by atomic mass is 10.2. The van der Waals surface area contributed by atoms with Crippen molar-refractivity contribution in [3.05, 3.63) is 33.8 Å². The van der Waals surface area contributed by atoms with E-state index in [1.54, 1.807) is 18.2 Å². The molecular weight excluding hydrogens is 284 g/mol. The SMILES string of the molecule is O=C(CCCCl)NOCc1ccc(Cl)cc1Cl. The largest absolute Gasteiger partial charge is 0.273 e. The van der Waals surface area contributed by atoms with E-state index >= 15 is 0 Å². The van der Waals surface area contributed by atoms with Crippen LogP contribution >= 0.6 is 34.8 Å². The monoisotopic (exact) mass is 295 g/mol. The van der Waals surface area contributed by atoms with Crippen molar-refractivity contribution < 1.29 is 9.63 Å². The second kappa shape index (κ2) is 7.77. The van der Waals surface area contributed by atoms with Crippen molar-refractivity contribution in [2.24, 2.45) is 0 Å². The summed E-state index contributed by atoms with van der Waals surface area (Å²) in [7, 11) is 0. The number of nitrogens with one attached hydrogen (secondary N) is 1. The van der Waals surface area contributed by atoms with Crippen LogP contribution in [0.15, 0.2) is 18.2 Å². The molecule has 1 amide bonds. The van der Waals surface area contributed by atoms with Gasteiger partial charge in [0.1, 0.15) is 6.61 Å². The summed E-state index contributed by atoms with van der Waals surface area (Å²) >= 11 is 17.1. The molecule has 0 spiro atoms. The van der Waals surface area contributed by atoms with E-state index in [9.17, 15) is 4.79 Å². The van der Waals surface area contributed by atoms with Crippen LogP contribution in [0, 0.1) is 0 Å². The summed E-state index contributed by atoms with van der Waals surface area (Å²) in [6, 6.07) is 5.08. The van der Waals surface area contributed by atoms with Gasteiger partial charge in [-0.15, -0.1) is 11.6 Å². The highest BCUT2D eigenvalue weighted by Gasteiger charge is 2.04. The molecule has 0 unspecified atom stereocenters. The number of benzene rings is 1. The molecule has 0 radical (unpaired) electrons. The number of hydrogen-bond acceptors (Lipinski definition) is 2. The van der Waals surface area contributed by atoms with Gasteiger partial charge < -0.3 is 0 Å². The Morgan fingerprint density at radius 1 is 1.35 bits per heavy atom. The molecule has 94 valence electrons. The number of hydroxylamine groups is 1. The van der Waals surface area contributed by atoms with E-state index in [1.807, 2.05) is 0 Å². The van der Waals surface area contributed by atoms with Gasteiger partial charge >= 0.3 is 0 Å². The van der Waals surface area contributed by atoms with Gasteiger partial charge in [0.05, 0.1) is 0 Å². The first-order valence-corrected chi connectivity index (χ1v) is 6.33. The average Bonchev–Trinajstić information content (AvgIpc) is 2.29. The zero-order chi connectivity index (χ0) is 12.7. The van der Waals surface area contributed by atoms with E-state index < -0.39 is 0 Å². The number of hydrogen-bond donors (Lipinski definition) is 1. The minimum absolute atomic E-state index is 0.197. The van der Waals surface area contributed by atoms with Crippen LogP contribution in [0.25, 0.3) is 0 Å². The van der Waals surface area contributed by atoms with Crippen molar-refractivity contribution in [2.75, 3.05) is 5.88 Å². The molecule has 6 heteroatoms. The molecule has 0 saturated carbocycles. The fraction of sp³-hybridized carbons (Fsp3) is 0.364. The van der Waals surface area contributed by atoms with Crippen LogP contribution < -0.4 is 5.48 Å². The maximum atomic E-state index is 11.2. The standard InChI is InChI=1S/C11H12Cl3NO2/c12-5-1-2-11(16)15-17-7-8-3-4-9(13)6-10(8)14/h3-4,6H,1-2,5,7H2,(H,15,16). The van der Waals surface area contributed by atoms with Crippen LogP contribution in [0.1, 0.15) is 18.4 Å². The maximum Gasteiger partial charge on any atom is 0.243 e. The second-order valence-electron chi connectivity index (χ2n) is 3.34. The van der Waals surface area contributed by atoms with Crippen LogP contribution in [-0.4, -0.2) is 11.8 Å². The molecule has 1 N–H and O–H groups in total. The molecule has 0 heterocycles. The van der Waals surface area contributed by atoms with Crippen LogP contribution in [0.4, 0.5) is 0 Å². The molecule has 0 fully saturated rings. The first kappa shape index (κ1) is 14.6. The Labute approximate surface area is 115 Å². The van der Waals surface area contributed by atoms with Crippen LogP contribution in [-0.2, 0) is 16.2 Å².